The molecule has 0 aliphatic heterocycles. The van der Waals surface area contributed by atoms with Gasteiger partial charge in [-0.3, -0.25) is 0 Å². The summed E-state index contributed by atoms with van der Waals surface area (Å²) in [5.74, 6) is 0. The molecule has 0 aromatic rings. The quantitative estimate of drug-likeness (QED) is 0.447. The molecule has 0 heterocycles. The molecule has 0 bridgehead atoms. The third-order valence-corrected chi connectivity index (χ3v) is 0. The molecule has 0 atom stereocenters. The molecular weight excluding hydrogens is 381 g/mol. The monoisotopic (exact) mass is 380 g/mol. The Bertz CT molecular complexity index is 8.00. The predicted octanol–water partition coefficient (Wildman–Crippen LogP) is -1.52. The van der Waals surface area contributed by atoms with Crippen LogP contribution in [0.2, 0.25) is 0 Å². The molecule has 16 valence electrons. The van der Waals surface area contributed by atoms with Gasteiger partial charge in [-0.2, -0.15) is 0 Å². The Morgan fingerprint density at radius 3 is 1.00 bits per heavy atom. The minimum absolute atomic E-state index is 0. The van der Waals surface area contributed by atoms with E-state index in [1.54, 1.807) is 0 Å². The zero-order valence-electron chi connectivity index (χ0n) is 2.05. The van der Waals surface area contributed by atoms with E-state index in [-0.39, 0.29) is 88.0 Å². The van der Waals surface area contributed by atoms with Gasteiger partial charge in [0.05, 0.1) is 0 Å². The van der Waals surface area contributed by atoms with Gasteiger partial charge >= 0.3 is 0 Å². The fraction of sp³-hybridized carbons (Fsp3) is 0. The first kappa shape index (κ1) is 28.7. The van der Waals surface area contributed by atoms with Gasteiger partial charge in [-0.15, -0.1) is 0 Å². The second-order valence-corrected chi connectivity index (χ2v) is 0. The second kappa shape index (κ2) is 16.9. The van der Waals surface area contributed by atoms with Crippen LogP contribution in [0.15, 0.2) is 0 Å². The molecule has 0 spiro atoms. The van der Waals surface area contributed by atoms with E-state index in [9.17, 15) is 0 Å². The maximum Gasteiger partial charge on any atom is 0 e. The summed E-state index contributed by atoms with van der Waals surface area (Å²) in [5.41, 5.74) is 0. The van der Waals surface area contributed by atoms with Gasteiger partial charge in [-0.05, 0) is 0 Å². The van der Waals surface area contributed by atoms with E-state index < -0.39 is 0 Å². The van der Waals surface area contributed by atoms with Gasteiger partial charge in [-0.1, -0.05) is 0 Å². The molecule has 0 saturated carbocycles. The Hall–Kier alpha value is 2.88. The molecule has 0 nitrogen and oxygen atoms in total. The van der Waals surface area contributed by atoms with Crippen molar-refractivity contribution < 1.29 is 0 Å². The third kappa shape index (κ3) is 8.86. The smallest absolute Gasteiger partial charge is 0 e. The minimum atomic E-state index is 0. The summed E-state index contributed by atoms with van der Waals surface area (Å²) in [4.78, 5) is 0. The van der Waals surface area contributed by atoms with Crippen molar-refractivity contribution in [3.05, 3.63) is 0 Å². The van der Waals surface area contributed by atoms with Gasteiger partial charge in [0.15, 0.2) is 0 Å². The van der Waals surface area contributed by atoms with Gasteiger partial charge in [0, 0.05) is 88.0 Å². The average Bonchev–Trinajstić information content (AvgIpc) is 0. The van der Waals surface area contributed by atoms with E-state index >= 15 is 0 Å². The normalized spacial score (nSPS) is 0. The SMILES string of the molecule is [As].[Ga].[In].[Sb]. The molecule has 0 fully saturated rings. The molecule has 0 unspecified atom stereocenters. The van der Waals surface area contributed by atoms with Crippen LogP contribution < -0.4 is 0 Å². The van der Waals surface area contributed by atoms with Crippen LogP contribution >= 0.6 is 0 Å². The Kier molecular flexibility index (Phi) is 121. The Labute approximate surface area is 86.5 Å². The maximum absolute atomic E-state index is 0. The van der Waals surface area contributed by atoms with E-state index in [1.807, 2.05) is 0 Å². The van der Waals surface area contributed by atoms with E-state index in [2.05, 4.69) is 0 Å². The molecule has 12 radical (unpaired) electrons. The molecule has 0 N–H and O–H groups in total. The fourth-order valence-corrected chi connectivity index (χ4v) is 0. The molecule has 4 heteroatoms. The van der Waals surface area contributed by atoms with Gasteiger partial charge in [0.25, 0.3) is 0 Å². The molecule has 0 rings (SSSR count). The summed E-state index contributed by atoms with van der Waals surface area (Å²) in [5, 5.41) is 0. The van der Waals surface area contributed by atoms with Crippen LogP contribution in [-0.2, 0) is 0 Å². The minimum Gasteiger partial charge on any atom is 0 e. The van der Waals surface area contributed by atoms with Gasteiger partial charge in [-0.25, -0.2) is 0 Å². The van der Waals surface area contributed by atoms with Crippen molar-refractivity contribution in [2.24, 2.45) is 0 Å². The van der Waals surface area contributed by atoms with E-state index in [0.717, 1.165) is 0 Å². The zero-order chi connectivity index (χ0) is 0. The van der Waals surface area contributed by atoms with Crippen LogP contribution in [0.5, 0.6) is 0 Å². The largest absolute Gasteiger partial charge is 0 e. The van der Waals surface area contributed by atoms with Crippen molar-refractivity contribution >= 4 is 88.0 Å². The van der Waals surface area contributed by atoms with Crippen LogP contribution in [-0.4, -0.2) is 88.0 Å². The third-order valence-electron chi connectivity index (χ3n) is 0. The molecule has 0 saturated heterocycles. The maximum atomic E-state index is 0. The van der Waals surface area contributed by atoms with Crippen LogP contribution in [0.25, 0.3) is 0 Å². The number of hydrogen-bond acceptors (Lipinski definition) is 0. The molecule has 0 amide bonds. The Balaban J connectivity index is 0. The summed E-state index contributed by atoms with van der Waals surface area (Å²) in [6, 6.07) is 0. The summed E-state index contributed by atoms with van der Waals surface area (Å²) in [6.45, 7) is 0. The van der Waals surface area contributed by atoms with Gasteiger partial charge in [0.1, 0.15) is 0 Å². The first-order valence-corrected chi connectivity index (χ1v) is 0. The van der Waals surface area contributed by atoms with Crippen molar-refractivity contribution in [2.75, 3.05) is 0 Å². The van der Waals surface area contributed by atoms with Crippen molar-refractivity contribution in [3.63, 3.8) is 0 Å². The first-order chi connectivity index (χ1) is 0. The molecular formula is AsGaInSb. The van der Waals surface area contributed by atoms with E-state index in [4.69, 9.17) is 0 Å². The second-order valence-electron chi connectivity index (χ2n) is 0. The van der Waals surface area contributed by atoms with Crippen LogP contribution in [0.4, 0.5) is 0 Å². The average molecular weight is 381 g/mol. The van der Waals surface area contributed by atoms with Crippen molar-refractivity contribution in [3.8, 4) is 0 Å². The van der Waals surface area contributed by atoms with E-state index in [1.165, 1.54) is 0 Å². The Morgan fingerprint density at radius 2 is 1.00 bits per heavy atom. The predicted molar refractivity (Wildman–Crippen MR) is 23.0 cm³/mol. The number of hydrogen-bond donors (Lipinski definition) is 0. The standard InChI is InChI=1S/As.Ga.In.Sb. The zero-order valence-corrected chi connectivity index (χ0v) is 12.2. The van der Waals surface area contributed by atoms with E-state index in [0.29, 0.717) is 0 Å². The van der Waals surface area contributed by atoms with Crippen LogP contribution in [0, 0.1) is 0 Å². The summed E-state index contributed by atoms with van der Waals surface area (Å²) < 4.78 is 0. The molecule has 0 aromatic heterocycles. The summed E-state index contributed by atoms with van der Waals surface area (Å²) in [6.07, 6.45) is 0. The number of rotatable bonds is 0. The summed E-state index contributed by atoms with van der Waals surface area (Å²) in [7, 11) is 0. The molecule has 0 aliphatic carbocycles. The van der Waals surface area contributed by atoms with Crippen molar-refractivity contribution in [1.29, 1.82) is 0 Å². The molecule has 0 aromatic carbocycles. The van der Waals surface area contributed by atoms with Gasteiger partial charge in [0.2, 0.25) is 0 Å². The summed E-state index contributed by atoms with van der Waals surface area (Å²) >= 11 is 0. The van der Waals surface area contributed by atoms with Crippen LogP contribution in [0.1, 0.15) is 0 Å². The van der Waals surface area contributed by atoms with Crippen LogP contribution in [0.3, 0.4) is 0 Å². The van der Waals surface area contributed by atoms with Crippen molar-refractivity contribution in [1.82, 2.24) is 0 Å². The fourth-order valence-electron chi connectivity index (χ4n) is 0. The van der Waals surface area contributed by atoms with Crippen molar-refractivity contribution in [2.45, 2.75) is 0 Å². The topological polar surface area (TPSA) is 0 Å². The Morgan fingerprint density at radius 1 is 1.00 bits per heavy atom. The van der Waals surface area contributed by atoms with Gasteiger partial charge < -0.3 is 0 Å². The molecule has 4 heavy (non-hydrogen) atoms. The molecule has 0 aliphatic rings. The first-order valence-electron chi connectivity index (χ1n) is 0.